The van der Waals surface area contributed by atoms with Gasteiger partial charge in [0.2, 0.25) is 0 Å². The molecule has 0 radical (unpaired) electrons. The molecule has 0 saturated heterocycles. The molecule has 0 fully saturated rings. The van der Waals surface area contributed by atoms with Crippen LogP contribution in [0.2, 0.25) is 0 Å². The van der Waals surface area contributed by atoms with Crippen LogP contribution in [0.15, 0.2) is 0 Å². The summed E-state index contributed by atoms with van der Waals surface area (Å²) in [5, 5.41) is 3.56. The van der Waals surface area contributed by atoms with Crippen molar-refractivity contribution >= 4 is 0 Å². The van der Waals surface area contributed by atoms with E-state index in [4.69, 9.17) is 9.47 Å². The van der Waals surface area contributed by atoms with Gasteiger partial charge in [0, 0.05) is 39.4 Å². The number of nitrogens with zero attached hydrogens (tertiary/aromatic N) is 1. The molecule has 0 rings (SSSR count). The minimum atomic E-state index is 0.433. The summed E-state index contributed by atoms with van der Waals surface area (Å²) in [7, 11) is 3.52. The van der Waals surface area contributed by atoms with Crippen LogP contribution < -0.4 is 5.32 Å². The summed E-state index contributed by atoms with van der Waals surface area (Å²) in [6, 6.07) is 0.999. The fraction of sp³-hybridized carbons (Fsp3) is 1.00. The molecule has 0 aromatic rings. The van der Waals surface area contributed by atoms with Crippen molar-refractivity contribution in [2.75, 3.05) is 47.1 Å². The Morgan fingerprint density at radius 3 is 2.39 bits per heavy atom. The van der Waals surface area contributed by atoms with Gasteiger partial charge in [-0.25, -0.2) is 0 Å². The molecule has 0 aliphatic rings. The van der Waals surface area contributed by atoms with Gasteiger partial charge >= 0.3 is 0 Å². The second-order valence-electron chi connectivity index (χ2n) is 4.84. The molecule has 18 heavy (non-hydrogen) atoms. The lowest BCUT2D eigenvalue weighted by molar-refractivity contribution is 0.0681. The smallest absolute Gasteiger partial charge is 0.0615 e. The van der Waals surface area contributed by atoms with Crippen molar-refractivity contribution in [1.82, 2.24) is 10.2 Å². The fourth-order valence-corrected chi connectivity index (χ4v) is 2.22. The third-order valence-electron chi connectivity index (χ3n) is 3.20. The lowest BCUT2D eigenvalue weighted by Gasteiger charge is -2.32. The van der Waals surface area contributed by atoms with E-state index in [0.29, 0.717) is 12.1 Å². The standard InChI is InChI=1S/C14H32N2O2/c1-6-8-14(15-7-2)11-16(9-10-17-4)13(3)12-18-5/h13-15H,6-12H2,1-5H3. The quantitative estimate of drug-likeness (QED) is 0.579. The molecule has 2 unspecified atom stereocenters. The van der Waals surface area contributed by atoms with Crippen LogP contribution >= 0.6 is 0 Å². The SMILES string of the molecule is CCCC(CN(CCOC)C(C)COC)NCC. The second-order valence-corrected chi connectivity index (χ2v) is 4.84. The normalized spacial score (nSPS) is 15.0. The number of hydrogen-bond donors (Lipinski definition) is 1. The van der Waals surface area contributed by atoms with Crippen LogP contribution in [0.4, 0.5) is 0 Å². The maximum absolute atomic E-state index is 5.26. The lowest BCUT2D eigenvalue weighted by Crippen LogP contribution is -2.47. The molecule has 0 aliphatic carbocycles. The second kappa shape index (κ2) is 11.9. The third kappa shape index (κ3) is 8.03. The van der Waals surface area contributed by atoms with Gasteiger partial charge in [0.15, 0.2) is 0 Å². The van der Waals surface area contributed by atoms with Gasteiger partial charge in [-0.2, -0.15) is 0 Å². The Hall–Kier alpha value is -0.160. The van der Waals surface area contributed by atoms with Crippen LogP contribution in [0.5, 0.6) is 0 Å². The summed E-state index contributed by atoms with van der Waals surface area (Å²) >= 11 is 0. The predicted molar refractivity (Wildman–Crippen MR) is 77.2 cm³/mol. The Morgan fingerprint density at radius 1 is 1.17 bits per heavy atom. The summed E-state index contributed by atoms with van der Waals surface area (Å²) in [6.45, 7) is 11.2. The van der Waals surface area contributed by atoms with Crippen molar-refractivity contribution in [3.8, 4) is 0 Å². The van der Waals surface area contributed by atoms with Gasteiger partial charge in [0.25, 0.3) is 0 Å². The van der Waals surface area contributed by atoms with Crippen molar-refractivity contribution in [3.05, 3.63) is 0 Å². The molecule has 4 nitrogen and oxygen atoms in total. The van der Waals surface area contributed by atoms with E-state index in [0.717, 1.165) is 32.8 Å². The van der Waals surface area contributed by atoms with Gasteiger partial charge in [-0.15, -0.1) is 0 Å². The van der Waals surface area contributed by atoms with E-state index >= 15 is 0 Å². The highest BCUT2D eigenvalue weighted by Gasteiger charge is 2.17. The highest BCUT2D eigenvalue weighted by molar-refractivity contribution is 4.75. The first-order valence-electron chi connectivity index (χ1n) is 7.14. The Balaban J connectivity index is 4.32. The molecular formula is C14H32N2O2. The summed E-state index contributed by atoms with van der Waals surface area (Å²) in [4.78, 5) is 2.45. The van der Waals surface area contributed by atoms with Gasteiger partial charge in [0.05, 0.1) is 13.2 Å². The number of methoxy groups -OCH3 is 2. The zero-order chi connectivity index (χ0) is 13.8. The van der Waals surface area contributed by atoms with E-state index in [-0.39, 0.29) is 0 Å². The van der Waals surface area contributed by atoms with Crippen LogP contribution in [0.3, 0.4) is 0 Å². The zero-order valence-corrected chi connectivity index (χ0v) is 12.9. The van der Waals surface area contributed by atoms with Crippen LogP contribution in [-0.4, -0.2) is 64.1 Å². The molecule has 0 aliphatic heterocycles. The van der Waals surface area contributed by atoms with E-state index in [9.17, 15) is 0 Å². The molecule has 4 heteroatoms. The molecule has 0 saturated carbocycles. The number of likely N-dealkylation sites (N-methyl/N-ethyl adjacent to an activating group) is 1. The molecule has 0 aromatic carbocycles. The van der Waals surface area contributed by atoms with Crippen molar-refractivity contribution < 1.29 is 9.47 Å². The first-order chi connectivity index (χ1) is 8.69. The Labute approximate surface area is 113 Å². The minimum Gasteiger partial charge on any atom is -0.383 e. The Kier molecular flexibility index (Phi) is 11.8. The number of ether oxygens (including phenoxy) is 2. The van der Waals surface area contributed by atoms with Gasteiger partial charge < -0.3 is 14.8 Å². The van der Waals surface area contributed by atoms with E-state index < -0.39 is 0 Å². The van der Waals surface area contributed by atoms with E-state index in [1.165, 1.54) is 12.8 Å². The first-order valence-corrected chi connectivity index (χ1v) is 7.14. The van der Waals surface area contributed by atoms with E-state index in [1.54, 1.807) is 14.2 Å². The summed E-state index contributed by atoms with van der Waals surface area (Å²) in [5.74, 6) is 0. The number of nitrogens with one attached hydrogen (secondary N) is 1. The van der Waals surface area contributed by atoms with Crippen LogP contribution in [0.1, 0.15) is 33.6 Å². The number of rotatable bonds is 12. The summed E-state index contributed by atoms with van der Waals surface area (Å²) < 4.78 is 10.5. The average molecular weight is 260 g/mol. The van der Waals surface area contributed by atoms with E-state index in [1.807, 2.05) is 0 Å². The minimum absolute atomic E-state index is 0.433. The Morgan fingerprint density at radius 2 is 1.89 bits per heavy atom. The van der Waals surface area contributed by atoms with Crippen LogP contribution in [0.25, 0.3) is 0 Å². The lowest BCUT2D eigenvalue weighted by atomic mass is 10.1. The monoisotopic (exact) mass is 260 g/mol. The maximum Gasteiger partial charge on any atom is 0.0615 e. The highest BCUT2D eigenvalue weighted by atomic mass is 16.5. The topological polar surface area (TPSA) is 33.7 Å². The van der Waals surface area contributed by atoms with Crippen LogP contribution in [0, 0.1) is 0 Å². The molecule has 1 N–H and O–H groups in total. The largest absolute Gasteiger partial charge is 0.383 e. The fourth-order valence-electron chi connectivity index (χ4n) is 2.22. The van der Waals surface area contributed by atoms with Crippen molar-refractivity contribution in [2.24, 2.45) is 0 Å². The number of hydrogen-bond acceptors (Lipinski definition) is 4. The van der Waals surface area contributed by atoms with Crippen molar-refractivity contribution in [3.63, 3.8) is 0 Å². The van der Waals surface area contributed by atoms with Gasteiger partial charge in [-0.3, -0.25) is 4.90 Å². The van der Waals surface area contributed by atoms with Gasteiger partial charge in [-0.1, -0.05) is 20.3 Å². The summed E-state index contributed by atoms with van der Waals surface area (Å²) in [6.07, 6.45) is 2.44. The predicted octanol–water partition coefficient (Wildman–Crippen LogP) is 1.75. The first kappa shape index (κ1) is 17.8. The van der Waals surface area contributed by atoms with Crippen LogP contribution in [-0.2, 0) is 9.47 Å². The highest BCUT2D eigenvalue weighted by Crippen LogP contribution is 2.05. The molecule has 110 valence electrons. The molecule has 0 spiro atoms. The van der Waals surface area contributed by atoms with E-state index in [2.05, 4.69) is 31.0 Å². The zero-order valence-electron chi connectivity index (χ0n) is 12.9. The van der Waals surface area contributed by atoms with Crippen molar-refractivity contribution in [2.45, 2.75) is 45.7 Å². The summed E-state index contributed by atoms with van der Waals surface area (Å²) in [5.41, 5.74) is 0. The van der Waals surface area contributed by atoms with Crippen molar-refractivity contribution in [1.29, 1.82) is 0 Å². The molecule has 0 bridgehead atoms. The molecule has 0 amide bonds. The maximum atomic E-state index is 5.26. The molecule has 0 heterocycles. The third-order valence-corrected chi connectivity index (χ3v) is 3.20. The van der Waals surface area contributed by atoms with Gasteiger partial charge in [0.1, 0.15) is 0 Å². The molecule has 2 atom stereocenters. The molecule has 0 aromatic heterocycles. The molecular weight excluding hydrogens is 228 g/mol. The Bertz CT molecular complexity index is 173. The van der Waals surface area contributed by atoms with Gasteiger partial charge in [-0.05, 0) is 19.9 Å². The average Bonchev–Trinajstić information content (AvgIpc) is 2.35.